The molecule has 146 valence electrons. The lowest BCUT2D eigenvalue weighted by Gasteiger charge is -2.34. The summed E-state index contributed by atoms with van der Waals surface area (Å²) in [4.78, 5) is 3.39. The minimum Gasteiger partial charge on any atom is -0.322 e. The van der Waals surface area contributed by atoms with Crippen LogP contribution >= 0.6 is 0 Å². The molecule has 6 heteroatoms. The third-order valence-corrected chi connectivity index (χ3v) is 6.47. The van der Waals surface area contributed by atoms with Crippen LogP contribution in [0.15, 0.2) is 30.3 Å². The van der Waals surface area contributed by atoms with Crippen molar-refractivity contribution in [3.05, 3.63) is 41.7 Å². The van der Waals surface area contributed by atoms with E-state index in [-0.39, 0.29) is 0 Å². The Labute approximate surface area is 162 Å². The Morgan fingerprint density at radius 3 is 2.52 bits per heavy atom. The lowest BCUT2D eigenvalue weighted by Crippen LogP contribution is -3.27. The maximum atomic E-state index is 4.52. The van der Waals surface area contributed by atoms with Gasteiger partial charge in [-0.3, -0.25) is 0 Å². The smallest absolute Gasteiger partial charge is 0.209 e. The average molecular weight is 371 g/mol. The van der Waals surface area contributed by atoms with Crippen molar-refractivity contribution in [2.75, 3.05) is 26.2 Å². The molecule has 0 amide bonds. The van der Waals surface area contributed by atoms with Crippen LogP contribution in [0.4, 0.5) is 0 Å². The van der Waals surface area contributed by atoms with Crippen LogP contribution in [-0.2, 0) is 6.54 Å². The van der Waals surface area contributed by atoms with Gasteiger partial charge in [-0.15, -0.1) is 5.10 Å². The van der Waals surface area contributed by atoms with E-state index in [4.69, 9.17) is 0 Å². The van der Waals surface area contributed by atoms with Crippen molar-refractivity contribution in [3.63, 3.8) is 0 Å². The number of piperazine rings is 1. The molecule has 2 aliphatic rings. The molecule has 6 nitrogen and oxygen atoms in total. The lowest BCUT2D eigenvalue weighted by molar-refractivity contribution is -1.03. The molecular formula is C21H34N6+2. The van der Waals surface area contributed by atoms with Crippen LogP contribution in [0.25, 0.3) is 0 Å². The molecule has 0 unspecified atom stereocenters. The Morgan fingerprint density at radius 2 is 1.81 bits per heavy atom. The Bertz CT molecular complexity index is 686. The van der Waals surface area contributed by atoms with Gasteiger partial charge >= 0.3 is 0 Å². The molecule has 1 aromatic heterocycles. The molecule has 0 spiro atoms. The third-order valence-electron chi connectivity index (χ3n) is 6.47. The van der Waals surface area contributed by atoms with E-state index in [1.807, 2.05) is 0 Å². The van der Waals surface area contributed by atoms with Crippen LogP contribution in [0, 0.1) is 0 Å². The van der Waals surface area contributed by atoms with Crippen LogP contribution in [-0.4, -0.2) is 46.4 Å². The number of hydrogen-bond donors (Lipinski definition) is 2. The predicted octanol–water partition coefficient (Wildman–Crippen LogP) is 0.613. The molecule has 2 fully saturated rings. The molecule has 1 saturated heterocycles. The number of nitrogens with zero attached hydrogens (tertiary/aromatic N) is 4. The van der Waals surface area contributed by atoms with Crippen molar-refractivity contribution in [2.24, 2.45) is 0 Å². The summed E-state index contributed by atoms with van der Waals surface area (Å²) in [5.41, 5.74) is 1.45. The number of rotatable bonds is 7. The Balaban J connectivity index is 1.41. The molecule has 0 radical (unpaired) electrons. The summed E-state index contributed by atoms with van der Waals surface area (Å²) >= 11 is 0. The average Bonchev–Trinajstić information content (AvgIpc) is 3.39. The SMILES string of the molecule is CCC[C@H](c1nnnn1C1CCCC1)[NH+]1CC[NH+](Cc2ccccc2)CC1. The second-order valence-corrected chi connectivity index (χ2v) is 8.33. The van der Waals surface area contributed by atoms with Crippen LogP contribution in [0.5, 0.6) is 0 Å². The van der Waals surface area contributed by atoms with Gasteiger partial charge in [0.15, 0.2) is 0 Å². The first kappa shape index (κ1) is 18.6. The normalized spacial score (nSPS) is 24.9. The highest BCUT2D eigenvalue weighted by atomic mass is 15.6. The van der Waals surface area contributed by atoms with Crippen molar-refractivity contribution in [1.29, 1.82) is 0 Å². The van der Waals surface area contributed by atoms with Gasteiger partial charge in [0.2, 0.25) is 5.82 Å². The van der Waals surface area contributed by atoms with E-state index in [1.165, 1.54) is 70.3 Å². The minimum absolute atomic E-state index is 0.448. The number of tetrazole rings is 1. The van der Waals surface area contributed by atoms with E-state index in [0.717, 1.165) is 12.4 Å². The van der Waals surface area contributed by atoms with Crippen LogP contribution in [0.1, 0.15) is 68.9 Å². The van der Waals surface area contributed by atoms with Gasteiger partial charge in [-0.25, -0.2) is 4.68 Å². The zero-order valence-corrected chi connectivity index (χ0v) is 16.6. The molecule has 1 aliphatic heterocycles. The van der Waals surface area contributed by atoms with Crippen LogP contribution in [0.2, 0.25) is 0 Å². The topological polar surface area (TPSA) is 52.5 Å². The van der Waals surface area contributed by atoms with E-state index in [2.05, 4.69) is 57.5 Å². The van der Waals surface area contributed by atoms with E-state index < -0.39 is 0 Å². The maximum absolute atomic E-state index is 4.52. The monoisotopic (exact) mass is 370 g/mol. The molecule has 1 aliphatic carbocycles. The predicted molar refractivity (Wildman–Crippen MR) is 105 cm³/mol. The zero-order valence-electron chi connectivity index (χ0n) is 16.6. The van der Waals surface area contributed by atoms with Gasteiger partial charge in [0, 0.05) is 12.0 Å². The number of nitrogens with one attached hydrogen (secondary N) is 2. The van der Waals surface area contributed by atoms with Crippen molar-refractivity contribution < 1.29 is 9.80 Å². The van der Waals surface area contributed by atoms with Gasteiger partial charge in [-0.1, -0.05) is 56.5 Å². The molecule has 2 N–H and O–H groups in total. The van der Waals surface area contributed by atoms with Gasteiger partial charge in [-0.05, 0) is 23.3 Å². The van der Waals surface area contributed by atoms with Crippen LogP contribution in [0.3, 0.4) is 0 Å². The Hall–Kier alpha value is -1.79. The van der Waals surface area contributed by atoms with E-state index in [9.17, 15) is 0 Å². The number of aromatic nitrogens is 4. The van der Waals surface area contributed by atoms with E-state index in [1.54, 1.807) is 9.80 Å². The van der Waals surface area contributed by atoms with Crippen molar-refractivity contribution in [2.45, 2.75) is 64.1 Å². The molecule has 2 aromatic rings. The second kappa shape index (κ2) is 8.93. The fraction of sp³-hybridized carbons (Fsp3) is 0.667. The lowest BCUT2D eigenvalue weighted by atomic mass is 10.1. The molecular weight excluding hydrogens is 336 g/mol. The first-order valence-corrected chi connectivity index (χ1v) is 10.8. The highest BCUT2D eigenvalue weighted by molar-refractivity contribution is 5.13. The summed E-state index contributed by atoms with van der Waals surface area (Å²) < 4.78 is 2.18. The third kappa shape index (κ3) is 4.38. The molecule has 27 heavy (non-hydrogen) atoms. The molecule has 1 saturated carbocycles. The Kier molecular flexibility index (Phi) is 6.14. The molecule has 4 rings (SSSR count). The summed E-state index contributed by atoms with van der Waals surface area (Å²) in [5, 5.41) is 13.0. The number of quaternary nitrogens is 2. The molecule has 1 aromatic carbocycles. The van der Waals surface area contributed by atoms with Gasteiger partial charge in [-0.2, -0.15) is 0 Å². The fourth-order valence-corrected chi connectivity index (χ4v) is 4.98. The van der Waals surface area contributed by atoms with Crippen molar-refractivity contribution in [3.8, 4) is 0 Å². The minimum atomic E-state index is 0.448. The fourth-order valence-electron chi connectivity index (χ4n) is 4.98. The largest absolute Gasteiger partial charge is 0.322 e. The van der Waals surface area contributed by atoms with Gasteiger partial charge in [0.05, 0.1) is 6.04 Å². The molecule has 1 atom stereocenters. The summed E-state index contributed by atoms with van der Waals surface area (Å²) in [6.45, 7) is 8.32. The highest BCUT2D eigenvalue weighted by Crippen LogP contribution is 2.30. The van der Waals surface area contributed by atoms with Crippen LogP contribution < -0.4 is 9.80 Å². The highest BCUT2D eigenvalue weighted by Gasteiger charge is 2.35. The van der Waals surface area contributed by atoms with E-state index in [0.29, 0.717) is 12.1 Å². The summed E-state index contributed by atoms with van der Waals surface area (Å²) in [6.07, 6.45) is 7.47. The van der Waals surface area contributed by atoms with Gasteiger partial charge < -0.3 is 9.80 Å². The van der Waals surface area contributed by atoms with Crippen molar-refractivity contribution >= 4 is 0 Å². The quantitative estimate of drug-likeness (QED) is 0.751. The summed E-state index contributed by atoms with van der Waals surface area (Å²) in [7, 11) is 0. The maximum Gasteiger partial charge on any atom is 0.209 e. The standard InChI is InChI=1S/C21H32N6/c1-2-8-20(21-22-23-24-27(21)19-11-6-7-12-19)26-15-13-25(14-16-26)17-18-9-4-3-5-10-18/h3-5,9-10,19-20H,2,6-8,11-17H2,1H3/p+2/t20-/m1/s1. The molecule has 2 heterocycles. The summed E-state index contributed by atoms with van der Waals surface area (Å²) in [6, 6.07) is 11.9. The van der Waals surface area contributed by atoms with Gasteiger partial charge in [0.25, 0.3) is 0 Å². The first-order chi connectivity index (χ1) is 13.3. The zero-order chi connectivity index (χ0) is 18.5. The first-order valence-electron chi connectivity index (χ1n) is 10.8. The number of hydrogen-bond acceptors (Lipinski definition) is 3. The van der Waals surface area contributed by atoms with Gasteiger partial charge in [0.1, 0.15) is 38.8 Å². The van der Waals surface area contributed by atoms with E-state index >= 15 is 0 Å². The number of benzene rings is 1. The Morgan fingerprint density at radius 1 is 1.07 bits per heavy atom. The second-order valence-electron chi connectivity index (χ2n) is 8.33. The van der Waals surface area contributed by atoms with Crippen molar-refractivity contribution in [1.82, 2.24) is 20.2 Å². The summed E-state index contributed by atoms with van der Waals surface area (Å²) in [5.74, 6) is 1.14. The molecule has 0 bridgehead atoms.